The van der Waals surface area contributed by atoms with Gasteiger partial charge in [-0.05, 0) is 12.1 Å². The summed E-state index contributed by atoms with van der Waals surface area (Å²) in [5.41, 5.74) is -2.79. The van der Waals surface area contributed by atoms with E-state index in [0.717, 1.165) is 12.1 Å². The van der Waals surface area contributed by atoms with Crippen molar-refractivity contribution in [3.63, 3.8) is 0 Å². The predicted molar refractivity (Wildman–Crippen MR) is 44.0 cm³/mol. The molecule has 0 spiro atoms. The SMILES string of the molecule is O=[N+]([O-])c1c(CO)cccc1C(F)(F)F. The van der Waals surface area contributed by atoms with Crippen LogP contribution in [0.25, 0.3) is 0 Å². The molecule has 0 heterocycles. The Kier molecular flexibility index (Phi) is 2.94. The van der Waals surface area contributed by atoms with Crippen molar-refractivity contribution in [3.8, 4) is 0 Å². The van der Waals surface area contributed by atoms with Gasteiger partial charge in [-0.25, -0.2) is 0 Å². The highest BCUT2D eigenvalue weighted by Crippen LogP contribution is 2.37. The molecule has 0 unspecified atom stereocenters. The van der Waals surface area contributed by atoms with Crippen LogP contribution in [0.2, 0.25) is 0 Å². The molecule has 0 fully saturated rings. The Labute approximate surface area is 82.1 Å². The molecular weight excluding hydrogens is 215 g/mol. The molecule has 0 bridgehead atoms. The molecule has 1 N–H and O–H groups in total. The zero-order valence-corrected chi connectivity index (χ0v) is 7.28. The van der Waals surface area contributed by atoms with E-state index in [1.807, 2.05) is 0 Å². The van der Waals surface area contributed by atoms with Gasteiger partial charge in [-0.2, -0.15) is 13.2 Å². The van der Waals surface area contributed by atoms with Gasteiger partial charge in [0.05, 0.1) is 17.1 Å². The van der Waals surface area contributed by atoms with Gasteiger partial charge in [0.15, 0.2) is 0 Å². The van der Waals surface area contributed by atoms with E-state index in [0.29, 0.717) is 6.07 Å². The summed E-state index contributed by atoms with van der Waals surface area (Å²) >= 11 is 0. The Balaban J connectivity index is 3.46. The number of nitro groups is 1. The van der Waals surface area contributed by atoms with Crippen molar-refractivity contribution in [2.75, 3.05) is 0 Å². The summed E-state index contributed by atoms with van der Waals surface area (Å²) in [6.45, 7) is -0.805. The van der Waals surface area contributed by atoms with Gasteiger partial charge in [0, 0.05) is 0 Å². The topological polar surface area (TPSA) is 63.4 Å². The van der Waals surface area contributed by atoms with Gasteiger partial charge in [0.25, 0.3) is 5.69 Å². The van der Waals surface area contributed by atoms with Crippen LogP contribution in [0.4, 0.5) is 18.9 Å². The molecule has 0 atom stereocenters. The van der Waals surface area contributed by atoms with Gasteiger partial charge in [0.2, 0.25) is 0 Å². The van der Waals surface area contributed by atoms with Gasteiger partial charge in [-0.1, -0.05) is 6.07 Å². The van der Waals surface area contributed by atoms with Crippen LogP contribution < -0.4 is 0 Å². The third kappa shape index (κ3) is 2.24. The summed E-state index contributed by atoms with van der Waals surface area (Å²) in [6.07, 6.45) is -4.80. The molecule has 0 aliphatic heterocycles. The zero-order chi connectivity index (χ0) is 11.6. The van der Waals surface area contributed by atoms with Crippen molar-refractivity contribution < 1.29 is 23.2 Å². The number of nitro benzene ring substituents is 1. The molecular formula is C8H6F3NO3. The molecule has 0 aliphatic carbocycles. The lowest BCUT2D eigenvalue weighted by Gasteiger charge is -2.08. The van der Waals surface area contributed by atoms with E-state index >= 15 is 0 Å². The average Bonchev–Trinajstić information content (AvgIpc) is 2.15. The largest absolute Gasteiger partial charge is 0.423 e. The summed E-state index contributed by atoms with van der Waals surface area (Å²) in [7, 11) is 0. The maximum absolute atomic E-state index is 12.3. The van der Waals surface area contributed by atoms with Gasteiger partial charge >= 0.3 is 6.18 Å². The second kappa shape index (κ2) is 3.85. The number of aliphatic hydroxyl groups excluding tert-OH is 1. The second-order valence-corrected chi connectivity index (χ2v) is 2.73. The number of halogens is 3. The lowest BCUT2D eigenvalue weighted by molar-refractivity contribution is -0.389. The maximum Gasteiger partial charge on any atom is 0.423 e. The van der Waals surface area contributed by atoms with Crippen LogP contribution >= 0.6 is 0 Å². The molecule has 0 radical (unpaired) electrons. The van der Waals surface area contributed by atoms with Crippen LogP contribution in [-0.2, 0) is 12.8 Å². The zero-order valence-electron chi connectivity index (χ0n) is 7.28. The van der Waals surface area contributed by atoms with E-state index in [4.69, 9.17) is 5.11 Å². The average molecular weight is 221 g/mol. The summed E-state index contributed by atoms with van der Waals surface area (Å²) in [5, 5.41) is 19.1. The molecule has 0 amide bonds. The van der Waals surface area contributed by atoms with Gasteiger partial charge < -0.3 is 5.11 Å². The molecule has 82 valence electrons. The normalized spacial score (nSPS) is 11.5. The van der Waals surface area contributed by atoms with Crippen molar-refractivity contribution in [1.29, 1.82) is 0 Å². The number of rotatable bonds is 2. The van der Waals surface area contributed by atoms with Crippen LogP contribution in [0.15, 0.2) is 18.2 Å². The fourth-order valence-electron chi connectivity index (χ4n) is 1.16. The first kappa shape index (κ1) is 11.4. The van der Waals surface area contributed by atoms with Crippen LogP contribution in [0.3, 0.4) is 0 Å². The van der Waals surface area contributed by atoms with Crippen molar-refractivity contribution in [2.45, 2.75) is 12.8 Å². The predicted octanol–water partition coefficient (Wildman–Crippen LogP) is 2.11. The van der Waals surface area contributed by atoms with E-state index < -0.39 is 29.0 Å². The fraction of sp³-hybridized carbons (Fsp3) is 0.250. The smallest absolute Gasteiger partial charge is 0.391 e. The number of nitrogens with zero attached hydrogens (tertiary/aromatic N) is 1. The van der Waals surface area contributed by atoms with Gasteiger partial charge in [-0.3, -0.25) is 10.1 Å². The molecule has 0 saturated carbocycles. The standard InChI is InChI=1S/C8H6F3NO3/c9-8(10,11)6-3-1-2-5(4-13)7(6)12(14)15/h1-3,13H,4H2. The number of para-hydroxylation sites is 1. The third-order valence-electron chi connectivity index (χ3n) is 1.78. The number of benzene rings is 1. The maximum atomic E-state index is 12.3. The minimum Gasteiger partial charge on any atom is -0.391 e. The lowest BCUT2D eigenvalue weighted by atomic mass is 10.1. The minimum atomic E-state index is -4.80. The highest BCUT2D eigenvalue weighted by molar-refractivity contribution is 5.48. The van der Waals surface area contributed by atoms with Crippen molar-refractivity contribution >= 4 is 5.69 Å². The molecule has 0 aromatic heterocycles. The van der Waals surface area contributed by atoms with Crippen LogP contribution in [0.1, 0.15) is 11.1 Å². The number of hydrogen-bond acceptors (Lipinski definition) is 3. The molecule has 1 aromatic carbocycles. The first-order valence-electron chi connectivity index (χ1n) is 3.82. The highest BCUT2D eigenvalue weighted by atomic mass is 19.4. The van der Waals surface area contributed by atoms with Crippen LogP contribution in [0, 0.1) is 10.1 Å². The van der Waals surface area contributed by atoms with Crippen molar-refractivity contribution in [1.82, 2.24) is 0 Å². The van der Waals surface area contributed by atoms with E-state index in [-0.39, 0.29) is 5.56 Å². The Morgan fingerprint density at radius 3 is 2.40 bits per heavy atom. The first-order valence-corrected chi connectivity index (χ1v) is 3.82. The Hall–Kier alpha value is -1.63. The second-order valence-electron chi connectivity index (χ2n) is 2.73. The van der Waals surface area contributed by atoms with Crippen LogP contribution in [-0.4, -0.2) is 10.0 Å². The first-order chi connectivity index (χ1) is 6.88. The Morgan fingerprint density at radius 2 is 2.00 bits per heavy atom. The quantitative estimate of drug-likeness (QED) is 0.614. The number of alkyl halides is 3. The van der Waals surface area contributed by atoms with Crippen molar-refractivity contribution in [3.05, 3.63) is 39.4 Å². The lowest BCUT2D eigenvalue weighted by Crippen LogP contribution is -2.10. The van der Waals surface area contributed by atoms with E-state index in [1.54, 1.807) is 0 Å². The van der Waals surface area contributed by atoms with E-state index in [2.05, 4.69) is 0 Å². The molecule has 0 aliphatic rings. The van der Waals surface area contributed by atoms with Crippen molar-refractivity contribution in [2.24, 2.45) is 0 Å². The summed E-state index contributed by atoms with van der Waals surface area (Å²) in [5.74, 6) is 0. The molecule has 15 heavy (non-hydrogen) atoms. The summed E-state index contributed by atoms with van der Waals surface area (Å²) < 4.78 is 37.0. The molecule has 4 nitrogen and oxygen atoms in total. The highest BCUT2D eigenvalue weighted by Gasteiger charge is 2.39. The third-order valence-corrected chi connectivity index (χ3v) is 1.78. The molecule has 1 aromatic rings. The summed E-state index contributed by atoms with van der Waals surface area (Å²) in [6, 6.07) is 2.70. The van der Waals surface area contributed by atoms with Gasteiger partial charge in [-0.15, -0.1) is 0 Å². The molecule has 1 rings (SSSR count). The Morgan fingerprint density at radius 1 is 1.40 bits per heavy atom. The van der Waals surface area contributed by atoms with Gasteiger partial charge in [0.1, 0.15) is 5.56 Å². The van der Waals surface area contributed by atoms with E-state index in [1.165, 1.54) is 0 Å². The minimum absolute atomic E-state index is 0.352. The number of hydrogen-bond donors (Lipinski definition) is 1. The Bertz CT molecular complexity index is 389. The summed E-state index contributed by atoms with van der Waals surface area (Å²) in [4.78, 5) is 9.30. The fourth-order valence-corrected chi connectivity index (χ4v) is 1.16. The number of aliphatic hydroxyl groups is 1. The molecule has 7 heteroatoms. The monoisotopic (exact) mass is 221 g/mol. The molecule has 0 saturated heterocycles. The van der Waals surface area contributed by atoms with E-state index in [9.17, 15) is 23.3 Å². The van der Waals surface area contributed by atoms with Crippen LogP contribution in [0.5, 0.6) is 0 Å².